The highest BCUT2D eigenvalue weighted by atomic mass is 79.9. The van der Waals surface area contributed by atoms with E-state index in [1.54, 1.807) is 7.11 Å². The van der Waals surface area contributed by atoms with Gasteiger partial charge in [-0.2, -0.15) is 0 Å². The van der Waals surface area contributed by atoms with E-state index in [2.05, 4.69) is 45.5 Å². The van der Waals surface area contributed by atoms with Crippen molar-refractivity contribution in [1.82, 2.24) is 5.32 Å². The van der Waals surface area contributed by atoms with Gasteiger partial charge in [0.25, 0.3) is 0 Å². The average Bonchev–Trinajstić information content (AvgIpc) is 2.85. The molecule has 1 fully saturated rings. The fraction of sp³-hybridized carbons (Fsp3) is 0.600. The molecule has 0 radical (unpaired) electrons. The summed E-state index contributed by atoms with van der Waals surface area (Å²) in [5.74, 6) is 0. The third kappa shape index (κ3) is 3.14. The van der Waals surface area contributed by atoms with Gasteiger partial charge in [-0.3, -0.25) is 0 Å². The lowest BCUT2D eigenvalue weighted by molar-refractivity contribution is 0.196. The maximum absolute atomic E-state index is 5.10. The molecule has 0 unspecified atom stereocenters. The topological polar surface area (TPSA) is 21.3 Å². The third-order valence-corrected chi connectivity index (χ3v) is 4.64. The maximum Gasteiger partial charge on any atom is 0.0587 e. The normalized spacial score (nSPS) is 18.1. The summed E-state index contributed by atoms with van der Waals surface area (Å²) in [6.45, 7) is 2.77. The van der Waals surface area contributed by atoms with E-state index in [4.69, 9.17) is 4.74 Å². The Morgan fingerprint density at radius 2 is 2.00 bits per heavy atom. The Morgan fingerprint density at radius 3 is 2.67 bits per heavy atom. The minimum absolute atomic E-state index is 0.313. The van der Waals surface area contributed by atoms with Crippen LogP contribution in [0.4, 0.5) is 0 Å². The summed E-state index contributed by atoms with van der Waals surface area (Å²) in [5, 5.41) is 3.55. The summed E-state index contributed by atoms with van der Waals surface area (Å²) in [5.41, 5.74) is 1.78. The summed E-state index contributed by atoms with van der Waals surface area (Å²) in [6.07, 6.45) is 5.26. The molecule has 1 aromatic rings. The molecule has 0 bridgehead atoms. The Hall–Kier alpha value is -0.380. The number of halogens is 1. The first-order valence-electron chi connectivity index (χ1n) is 6.73. The number of hydrogen-bond donors (Lipinski definition) is 1. The standard InChI is InChI=1S/C15H22BrNO/c1-18-11-10-17-12-15(8-4-5-9-15)13-6-2-3-7-14(13)16/h2-3,6-7,17H,4-5,8-12H2,1H3. The van der Waals surface area contributed by atoms with E-state index >= 15 is 0 Å². The Balaban J connectivity index is 2.09. The van der Waals surface area contributed by atoms with Gasteiger partial charge in [0, 0.05) is 30.1 Å². The van der Waals surface area contributed by atoms with Gasteiger partial charge in [-0.1, -0.05) is 47.0 Å². The second-order valence-corrected chi connectivity index (χ2v) is 5.99. The van der Waals surface area contributed by atoms with Crippen molar-refractivity contribution in [3.8, 4) is 0 Å². The van der Waals surface area contributed by atoms with Gasteiger partial charge in [0.2, 0.25) is 0 Å². The van der Waals surface area contributed by atoms with Gasteiger partial charge in [-0.05, 0) is 24.5 Å². The lowest BCUT2D eigenvalue weighted by atomic mass is 9.79. The van der Waals surface area contributed by atoms with E-state index in [9.17, 15) is 0 Å². The zero-order chi connectivity index (χ0) is 12.8. The van der Waals surface area contributed by atoms with Crippen LogP contribution in [-0.4, -0.2) is 26.8 Å². The quantitative estimate of drug-likeness (QED) is 0.812. The highest BCUT2D eigenvalue weighted by Gasteiger charge is 2.36. The highest BCUT2D eigenvalue weighted by molar-refractivity contribution is 9.10. The largest absolute Gasteiger partial charge is 0.383 e. The molecule has 1 saturated carbocycles. The SMILES string of the molecule is COCCNCC1(c2ccccc2Br)CCCC1. The molecular formula is C15H22BrNO. The minimum Gasteiger partial charge on any atom is -0.383 e. The summed E-state index contributed by atoms with van der Waals surface area (Å²) < 4.78 is 6.35. The van der Waals surface area contributed by atoms with Gasteiger partial charge in [-0.15, -0.1) is 0 Å². The van der Waals surface area contributed by atoms with Crippen LogP contribution >= 0.6 is 15.9 Å². The molecule has 0 spiro atoms. The lowest BCUT2D eigenvalue weighted by Gasteiger charge is -2.31. The molecule has 0 atom stereocenters. The fourth-order valence-electron chi connectivity index (χ4n) is 2.99. The van der Waals surface area contributed by atoms with Gasteiger partial charge in [-0.25, -0.2) is 0 Å². The lowest BCUT2D eigenvalue weighted by Crippen LogP contribution is -2.37. The van der Waals surface area contributed by atoms with Crippen molar-refractivity contribution < 1.29 is 4.74 Å². The molecule has 0 amide bonds. The number of nitrogens with one attached hydrogen (secondary N) is 1. The third-order valence-electron chi connectivity index (χ3n) is 3.95. The van der Waals surface area contributed by atoms with Crippen molar-refractivity contribution >= 4 is 15.9 Å². The van der Waals surface area contributed by atoms with Crippen LogP contribution < -0.4 is 5.32 Å². The Morgan fingerprint density at radius 1 is 1.28 bits per heavy atom. The Labute approximate surface area is 118 Å². The van der Waals surface area contributed by atoms with E-state index in [1.807, 2.05) is 0 Å². The number of benzene rings is 1. The molecule has 0 aromatic heterocycles. The van der Waals surface area contributed by atoms with Crippen LogP contribution in [0.3, 0.4) is 0 Å². The number of methoxy groups -OCH3 is 1. The maximum atomic E-state index is 5.10. The molecule has 3 heteroatoms. The van der Waals surface area contributed by atoms with Crippen molar-refractivity contribution in [1.29, 1.82) is 0 Å². The molecule has 0 aliphatic heterocycles. The molecule has 18 heavy (non-hydrogen) atoms. The minimum atomic E-state index is 0.313. The van der Waals surface area contributed by atoms with E-state index in [1.165, 1.54) is 35.7 Å². The molecule has 0 heterocycles. The van der Waals surface area contributed by atoms with Crippen molar-refractivity contribution in [2.75, 3.05) is 26.8 Å². The average molecular weight is 312 g/mol. The summed E-state index contributed by atoms with van der Waals surface area (Å²) >= 11 is 3.71. The summed E-state index contributed by atoms with van der Waals surface area (Å²) in [6, 6.07) is 8.67. The molecule has 1 aliphatic rings. The number of hydrogen-bond acceptors (Lipinski definition) is 2. The molecule has 1 N–H and O–H groups in total. The van der Waals surface area contributed by atoms with Crippen molar-refractivity contribution in [2.24, 2.45) is 0 Å². The summed E-state index contributed by atoms with van der Waals surface area (Å²) in [7, 11) is 1.75. The molecular weight excluding hydrogens is 290 g/mol. The van der Waals surface area contributed by atoms with Crippen LogP contribution in [0.5, 0.6) is 0 Å². The zero-order valence-corrected chi connectivity index (χ0v) is 12.6. The second kappa shape index (κ2) is 6.69. The van der Waals surface area contributed by atoms with Crippen LogP contribution in [0.2, 0.25) is 0 Å². The van der Waals surface area contributed by atoms with E-state index in [0.29, 0.717) is 5.41 Å². The van der Waals surface area contributed by atoms with Gasteiger partial charge in [0.15, 0.2) is 0 Å². The van der Waals surface area contributed by atoms with E-state index < -0.39 is 0 Å². The number of rotatable bonds is 6. The molecule has 100 valence electrons. The predicted octanol–water partition coefficient (Wildman–Crippen LogP) is 3.50. The van der Waals surface area contributed by atoms with Gasteiger partial charge >= 0.3 is 0 Å². The van der Waals surface area contributed by atoms with Crippen molar-refractivity contribution in [3.63, 3.8) is 0 Å². The van der Waals surface area contributed by atoms with Crippen molar-refractivity contribution in [2.45, 2.75) is 31.1 Å². The Bertz CT molecular complexity index is 375. The van der Waals surface area contributed by atoms with Gasteiger partial charge in [0.05, 0.1) is 6.61 Å². The van der Waals surface area contributed by atoms with Crippen LogP contribution in [0.15, 0.2) is 28.7 Å². The van der Waals surface area contributed by atoms with Gasteiger partial charge in [0.1, 0.15) is 0 Å². The number of ether oxygens (including phenoxy) is 1. The first-order chi connectivity index (χ1) is 8.78. The summed E-state index contributed by atoms with van der Waals surface area (Å²) in [4.78, 5) is 0. The monoisotopic (exact) mass is 311 g/mol. The molecule has 2 rings (SSSR count). The first kappa shape index (κ1) is 14.0. The van der Waals surface area contributed by atoms with Crippen molar-refractivity contribution in [3.05, 3.63) is 34.3 Å². The van der Waals surface area contributed by atoms with E-state index in [-0.39, 0.29) is 0 Å². The predicted molar refractivity (Wildman–Crippen MR) is 79.0 cm³/mol. The Kier molecular flexibility index (Phi) is 5.22. The van der Waals surface area contributed by atoms with Gasteiger partial charge < -0.3 is 10.1 Å². The van der Waals surface area contributed by atoms with Crippen LogP contribution in [0.25, 0.3) is 0 Å². The molecule has 1 aromatic carbocycles. The molecule has 0 saturated heterocycles. The van der Waals surface area contributed by atoms with E-state index in [0.717, 1.165) is 19.7 Å². The molecule has 2 nitrogen and oxygen atoms in total. The fourth-order valence-corrected chi connectivity index (χ4v) is 3.69. The zero-order valence-electron chi connectivity index (χ0n) is 11.0. The smallest absolute Gasteiger partial charge is 0.0587 e. The highest BCUT2D eigenvalue weighted by Crippen LogP contribution is 2.43. The molecule has 1 aliphatic carbocycles. The first-order valence-corrected chi connectivity index (χ1v) is 7.52. The van der Waals surface area contributed by atoms with Crippen LogP contribution in [0, 0.1) is 0 Å². The van der Waals surface area contributed by atoms with Crippen LogP contribution in [0.1, 0.15) is 31.2 Å². The second-order valence-electron chi connectivity index (χ2n) is 5.14. The van der Waals surface area contributed by atoms with Crippen LogP contribution in [-0.2, 0) is 10.2 Å².